The zero-order valence-electron chi connectivity index (χ0n) is 9.98. The van der Waals surface area contributed by atoms with E-state index < -0.39 is 10.0 Å². The average Bonchev–Trinajstić information content (AvgIpc) is 2.65. The molecule has 0 saturated heterocycles. The summed E-state index contributed by atoms with van der Waals surface area (Å²) in [5, 5.41) is 8.60. The Kier molecular flexibility index (Phi) is 7.19. The predicted octanol–water partition coefficient (Wildman–Crippen LogP) is 2.21. The molecule has 0 amide bonds. The van der Waals surface area contributed by atoms with Crippen LogP contribution in [0.2, 0.25) is 0 Å². The van der Waals surface area contributed by atoms with Crippen LogP contribution in [0, 0.1) is 6.92 Å². The maximum Gasteiger partial charge on any atom is 0.250 e. The summed E-state index contributed by atoms with van der Waals surface area (Å²) in [6.07, 6.45) is 0.745. The monoisotopic (exact) mass is 373 g/mol. The highest BCUT2D eigenvalue weighted by atomic mass is 79.9. The summed E-state index contributed by atoms with van der Waals surface area (Å²) in [6.45, 7) is 2.46. The van der Waals surface area contributed by atoms with Crippen molar-refractivity contribution in [3.63, 3.8) is 0 Å². The molecular formula is C10H16BrNO3S3. The second kappa shape index (κ2) is 7.86. The summed E-state index contributed by atoms with van der Waals surface area (Å²) in [7, 11) is -3.38. The fourth-order valence-corrected chi connectivity index (χ4v) is 5.37. The van der Waals surface area contributed by atoms with Crippen LogP contribution in [-0.4, -0.2) is 38.2 Å². The lowest BCUT2D eigenvalue weighted by molar-refractivity contribution is 0.296. The summed E-state index contributed by atoms with van der Waals surface area (Å²) in [5.41, 5.74) is 0.928. The Morgan fingerprint density at radius 1 is 1.50 bits per heavy atom. The van der Waals surface area contributed by atoms with Gasteiger partial charge in [0.2, 0.25) is 10.0 Å². The van der Waals surface area contributed by atoms with Gasteiger partial charge < -0.3 is 5.11 Å². The van der Waals surface area contributed by atoms with Gasteiger partial charge in [0.15, 0.2) is 0 Å². The highest BCUT2D eigenvalue weighted by Gasteiger charge is 2.17. The van der Waals surface area contributed by atoms with Gasteiger partial charge in [0, 0.05) is 18.9 Å². The molecule has 0 unspecified atom stereocenters. The molecule has 0 saturated carbocycles. The van der Waals surface area contributed by atoms with Crippen molar-refractivity contribution in [1.82, 2.24) is 4.72 Å². The molecule has 8 heteroatoms. The van der Waals surface area contributed by atoms with Gasteiger partial charge in [-0.15, -0.1) is 11.3 Å². The molecule has 0 aliphatic heterocycles. The van der Waals surface area contributed by atoms with Gasteiger partial charge in [0.1, 0.15) is 4.21 Å². The third kappa shape index (κ3) is 5.18. The molecule has 0 spiro atoms. The summed E-state index contributed by atoms with van der Waals surface area (Å²) >= 11 is 6.17. The molecule has 4 nitrogen and oxygen atoms in total. The molecule has 1 aromatic heterocycles. The zero-order chi connectivity index (χ0) is 13.6. The van der Waals surface area contributed by atoms with E-state index in [4.69, 9.17) is 5.11 Å². The van der Waals surface area contributed by atoms with Gasteiger partial charge in [-0.2, -0.15) is 11.8 Å². The van der Waals surface area contributed by atoms with Crippen LogP contribution in [0.1, 0.15) is 12.0 Å². The first-order chi connectivity index (χ1) is 8.47. The minimum absolute atomic E-state index is 0.182. The third-order valence-corrected chi connectivity index (χ3v) is 7.23. The Labute approximate surface area is 124 Å². The van der Waals surface area contributed by atoms with Crippen molar-refractivity contribution < 1.29 is 13.5 Å². The Morgan fingerprint density at radius 2 is 2.22 bits per heavy atom. The SMILES string of the molecule is Cc1cc(S(=O)(=O)NCCSCCCO)sc1Br. The molecule has 0 fully saturated rings. The average molecular weight is 374 g/mol. The second-order valence-corrected chi connectivity index (χ2v) is 9.20. The first-order valence-electron chi connectivity index (χ1n) is 5.41. The minimum atomic E-state index is -3.38. The highest BCUT2D eigenvalue weighted by Crippen LogP contribution is 2.30. The molecule has 0 aliphatic carbocycles. The standard InChI is InChI=1S/C10H16BrNO3S3/c1-8-7-9(17-10(8)11)18(14,15)12-3-6-16-5-2-4-13/h7,12-13H,2-6H2,1H3. The van der Waals surface area contributed by atoms with E-state index >= 15 is 0 Å². The van der Waals surface area contributed by atoms with E-state index in [9.17, 15) is 8.42 Å². The molecule has 1 heterocycles. The molecule has 18 heavy (non-hydrogen) atoms. The topological polar surface area (TPSA) is 66.4 Å². The fourth-order valence-electron chi connectivity index (χ4n) is 1.15. The van der Waals surface area contributed by atoms with Crippen molar-refractivity contribution in [3.05, 3.63) is 15.4 Å². The zero-order valence-corrected chi connectivity index (χ0v) is 14.0. The van der Waals surface area contributed by atoms with Gasteiger partial charge in [0.05, 0.1) is 3.79 Å². The molecular weight excluding hydrogens is 358 g/mol. The Bertz CT molecular complexity index is 453. The normalized spacial score (nSPS) is 11.9. The van der Waals surface area contributed by atoms with Gasteiger partial charge >= 0.3 is 0 Å². The number of aliphatic hydroxyl groups is 1. The van der Waals surface area contributed by atoms with Crippen molar-refractivity contribution in [2.24, 2.45) is 0 Å². The molecule has 0 aromatic carbocycles. The Hall–Kier alpha value is 0.400. The predicted molar refractivity (Wildman–Crippen MR) is 81.0 cm³/mol. The van der Waals surface area contributed by atoms with Crippen molar-refractivity contribution in [1.29, 1.82) is 0 Å². The van der Waals surface area contributed by atoms with Crippen LogP contribution in [0.4, 0.5) is 0 Å². The van der Waals surface area contributed by atoms with Crippen molar-refractivity contribution in [2.45, 2.75) is 17.6 Å². The van der Waals surface area contributed by atoms with Crippen LogP contribution in [-0.2, 0) is 10.0 Å². The van der Waals surface area contributed by atoms with Crippen LogP contribution < -0.4 is 4.72 Å². The van der Waals surface area contributed by atoms with E-state index in [2.05, 4.69) is 20.7 Å². The number of rotatable bonds is 8. The van der Waals surface area contributed by atoms with Crippen molar-refractivity contribution in [3.8, 4) is 0 Å². The molecule has 0 bridgehead atoms. The van der Waals surface area contributed by atoms with Gasteiger partial charge in [-0.3, -0.25) is 0 Å². The molecule has 0 atom stereocenters. The molecule has 2 N–H and O–H groups in total. The van der Waals surface area contributed by atoms with Crippen LogP contribution in [0.15, 0.2) is 14.1 Å². The lowest BCUT2D eigenvalue weighted by Crippen LogP contribution is -2.25. The van der Waals surface area contributed by atoms with Gasteiger partial charge in [-0.25, -0.2) is 13.1 Å². The van der Waals surface area contributed by atoms with Crippen LogP contribution in [0.5, 0.6) is 0 Å². The molecule has 0 radical (unpaired) electrons. The number of thiophene rings is 1. The number of aryl methyl sites for hydroxylation is 1. The number of hydrogen-bond acceptors (Lipinski definition) is 5. The van der Waals surface area contributed by atoms with E-state index in [-0.39, 0.29) is 6.61 Å². The van der Waals surface area contributed by atoms with Gasteiger partial charge in [-0.1, -0.05) is 0 Å². The lowest BCUT2D eigenvalue weighted by Gasteiger charge is -2.04. The molecule has 1 aromatic rings. The highest BCUT2D eigenvalue weighted by molar-refractivity contribution is 9.11. The molecule has 104 valence electrons. The minimum Gasteiger partial charge on any atom is -0.396 e. The van der Waals surface area contributed by atoms with E-state index in [0.717, 1.165) is 21.5 Å². The number of halogens is 1. The summed E-state index contributed by atoms with van der Waals surface area (Å²) in [4.78, 5) is 0. The molecule has 1 rings (SSSR count). The summed E-state index contributed by atoms with van der Waals surface area (Å²) in [6, 6.07) is 1.66. The van der Waals surface area contributed by atoms with Crippen molar-refractivity contribution >= 4 is 49.1 Å². The van der Waals surface area contributed by atoms with E-state index in [0.29, 0.717) is 16.5 Å². The number of aliphatic hydroxyl groups excluding tert-OH is 1. The summed E-state index contributed by atoms with van der Waals surface area (Å²) in [5.74, 6) is 1.56. The third-order valence-electron chi connectivity index (χ3n) is 2.08. The first kappa shape index (κ1) is 16.5. The number of thioether (sulfide) groups is 1. The van der Waals surface area contributed by atoms with Crippen LogP contribution >= 0.6 is 39.0 Å². The Balaban J connectivity index is 2.41. The summed E-state index contributed by atoms with van der Waals surface area (Å²) < 4.78 is 27.6. The van der Waals surface area contributed by atoms with E-state index in [1.54, 1.807) is 17.8 Å². The van der Waals surface area contributed by atoms with Crippen LogP contribution in [0.25, 0.3) is 0 Å². The first-order valence-corrected chi connectivity index (χ1v) is 9.66. The second-order valence-electron chi connectivity index (χ2n) is 3.61. The fraction of sp³-hybridized carbons (Fsp3) is 0.600. The number of sulfonamides is 1. The maximum absolute atomic E-state index is 11.9. The number of hydrogen-bond donors (Lipinski definition) is 2. The van der Waals surface area contributed by atoms with Crippen molar-refractivity contribution in [2.75, 3.05) is 24.7 Å². The quantitative estimate of drug-likeness (QED) is 0.685. The lowest BCUT2D eigenvalue weighted by atomic mass is 10.4. The molecule has 0 aliphatic rings. The van der Waals surface area contributed by atoms with Crippen LogP contribution in [0.3, 0.4) is 0 Å². The smallest absolute Gasteiger partial charge is 0.250 e. The van der Waals surface area contributed by atoms with Gasteiger partial charge in [-0.05, 0) is 46.7 Å². The van der Waals surface area contributed by atoms with E-state index in [1.807, 2.05) is 6.92 Å². The maximum atomic E-state index is 11.9. The number of nitrogens with one attached hydrogen (secondary N) is 1. The van der Waals surface area contributed by atoms with Gasteiger partial charge in [0.25, 0.3) is 0 Å². The largest absolute Gasteiger partial charge is 0.396 e. The Morgan fingerprint density at radius 3 is 2.78 bits per heavy atom. The van der Waals surface area contributed by atoms with E-state index in [1.165, 1.54) is 11.3 Å².